The third kappa shape index (κ3) is 13.0. The molecule has 0 atom stereocenters. The minimum atomic E-state index is -1.83. The van der Waals surface area contributed by atoms with Crippen LogP contribution in [0, 0.1) is 63.0 Å². The molecule has 0 aliphatic heterocycles. The summed E-state index contributed by atoms with van der Waals surface area (Å²) in [6, 6.07) is 7.17. The number of aryl methyl sites for hydroxylation is 1. The average molecular weight is 705 g/mol. The van der Waals surface area contributed by atoms with Gasteiger partial charge in [-0.2, -0.15) is 5.57 Å². The van der Waals surface area contributed by atoms with Crippen molar-refractivity contribution < 1.29 is 41.6 Å². The van der Waals surface area contributed by atoms with Crippen LogP contribution >= 0.6 is 0 Å². The molecule has 214 valence electrons. The van der Waals surface area contributed by atoms with Crippen molar-refractivity contribution >= 4 is 29.4 Å². The maximum atomic E-state index is 6.07. The number of methoxy groups -OCH3 is 1. The number of hydrogen-bond acceptors (Lipinski definition) is 1. The average Bonchev–Trinajstić information content (AvgIpc) is 2.98. The van der Waals surface area contributed by atoms with Gasteiger partial charge in [0.1, 0.15) is 5.75 Å². The molecule has 2 rings (SSSR count). The van der Waals surface area contributed by atoms with Gasteiger partial charge in [0.2, 0.25) is 0 Å². The number of benzene rings is 1. The van der Waals surface area contributed by atoms with Crippen LogP contribution in [-0.4, -0.2) is 31.3 Å². The molecule has 0 saturated carbocycles. The Hall–Kier alpha value is 0.384. The second-order valence-corrected chi connectivity index (χ2v) is 28.7. The Bertz CT molecular complexity index is 866. The minimum Gasteiger partial charge on any atom is -0.497 e. The Morgan fingerprint density at radius 1 is 0.889 bits per heavy atom. The van der Waals surface area contributed by atoms with Gasteiger partial charge in [-0.05, 0) is 23.1 Å². The number of ether oxygens (including phenoxy) is 1. The molecule has 36 heavy (non-hydrogen) atoms. The molecule has 0 aromatic heterocycles. The third-order valence-corrected chi connectivity index (χ3v) is 11.4. The quantitative estimate of drug-likeness (QED) is 0.219. The van der Waals surface area contributed by atoms with Crippen LogP contribution in [0.4, 0.5) is 0 Å². The molecule has 0 saturated heterocycles. The van der Waals surface area contributed by atoms with E-state index >= 15 is 0 Å². The van der Waals surface area contributed by atoms with Crippen LogP contribution in [0.5, 0.6) is 5.75 Å². The Labute approximate surface area is 259 Å². The van der Waals surface area contributed by atoms with Crippen LogP contribution in [0.25, 0.3) is 0 Å². The number of allylic oxidation sites excluding steroid dienone is 4. The smallest absolute Gasteiger partial charge is 0.497 e. The van der Waals surface area contributed by atoms with Crippen LogP contribution < -0.4 is 9.92 Å². The first-order chi connectivity index (χ1) is 15.6. The van der Waals surface area contributed by atoms with E-state index in [0.29, 0.717) is 0 Å². The van der Waals surface area contributed by atoms with Crippen molar-refractivity contribution in [1.29, 1.82) is 0 Å². The third-order valence-electron chi connectivity index (χ3n) is 5.84. The van der Waals surface area contributed by atoms with E-state index in [9.17, 15) is 0 Å². The minimum absolute atomic E-state index is 0. The Kier molecular flexibility index (Phi) is 16.3. The second kappa shape index (κ2) is 15.2. The fourth-order valence-corrected chi connectivity index (χ4v) is 9.49. The Balaban J connectivity index is 0. The predicted octanol–water partition coefficient (Wildman–Crippen LogP) is 9.40. The van der Waals surface area contributed by atoms with Gasteiger partial charge in [-0.1, -0.05) is 124 Å². The van der Waals surface area contributed by atoms with E-state index in [2.05, 4.69) is 126 Å². The molecule has 0 unspecified atom stereocenters. The Morgan fingerprint density at radius 2 is 1.31 bits per heavy atom. The molecule has 0 fully saturated rings. The van der Waals surface area contributed by atoms with Crippen molar-refractivity contribution in [1.82, 2.24) is 0 Å². The maximum absolute atomic E-state index is 6.07. The summed E-state index contributed by atoms with van der Waals surface area (Å²) in [5, 5.41) is 3.16. The second-order valence-electron chi connectivity index (χ2n) is 13.7. The molecule has 0 N–H and O–H groups in total. The van der Waals surface area contributed by atoms with Crippen LogP contribution in [0.2, 0.25) is 51.4 Å². The molecule has 0 amide bonds. The largest absolute Gasteiger partial charge is 3.00 e. The van der Waals surface area contributed by atoms with E-state index in [1.165, 1.54) is 39.5 Å². The van der Waals surface area contributed by atoms with E-state index in [-0.39, 0.29) is 42.3 Å². The zero-order valence-corrected chi connectivity index (χ0v) is 31.0. The van der Waals surface area contributed by atoms with Gasteiger partial charge in [0.25, 0.3) is 0 Å². The van der Waals surface area contributed by atoms with Crippen molar-refractivity contribution in [3.63, 3.8) is 0 Å². The fourth-order valence-electron chi connectivity index (χ4n) is 4.49. The van der Waals surface area contributed by atoms with Crippen molar-refractivity contribution in [3.05, 3.63) is 58.8 Å². The van der Waals surface area contributed by atoms with Gasteiger partial charge in [-0.15, -0.1) is 16.1 Å². The summed E-state index contributed by atoms with van der Waals surface area (Å²) in [5.74, 6) is 1.14. The molecule has 1 nitrogen and oxygen atoms in total. The van der Waals surface area contributed by atoms with E-state index in [4.69, 9.17) is 4.74 Å². The van der Waals surface area contributed by atoms with Crippen molar-refractivity contribution in [3.8, 4) is 5.75 Å². The van der Waals surface area contributed by atoms with Gasteiger partial charge in [-0.25, -0.2) is 16.8 Å². The maximum Gasteiger partial charge on any atom is 3.00 e. The fraction of sp³-hybridized carbons (Fsp3) is 0.613. The monoisotopic (exact) mass is 704 g/mol. The summed E-state index contributed by atoms with van der Waals surface area (Å²) in [6.45, 7) is 39.4. The summed E-state index contributed by atoms with van der Waals surface area (Å²) in [4.78, 5) is 0. The Morgan fingerprint density at radius 3 is 1.58 bits per heavy atom. The zero-order valence-electron chi connectivity index (χ0n) is 26.4. The molecule has 1 aromatic rings. The molecule has 1 aromatic carbocycles. The standard InChI is InChI=1S/C23H35OSi.2C4H11Si.Lu/c1-10-25(11-2,20-14-16(3)12-18(20)5)21-15-17(4)13-19(22(21)24-9)23(6,7)8;2*1-5(2,3)4;/h13,15H,10-11,14H2,1-9H3;2*1H2,2-4H3;/q3*-1;+3. The van der Waals surface area contributed by atoms with Crippen molar-refractivity contribution in [2.24, 2.45) is 0 Å². The van der Waals surface area contributed by atoms with Gasteiger partial charge in [0.05, 0.1) is 7.11 Å². The first-order valence-electron chi connectivity index (χ1n) is 13.3. The first-order valence-corrected chi connectivity index (χ1v) is 23.1. The number of rotatable bonds is 5. The van der Waals surface area contributed by atoms with Gasteiger partial charge in [0.15, 0.2) is 0 Å². The number of hydrogen-bond donors (Lipinski definition) is 0. The van der Waals surface area contributed by atoms with E-state index in [1.807, 2.05) is 7.11 Å². The van der Waals surface area contributed by atoms with Crippen molar-refractivity contribution in [2.45, 2.75) is 119 Å². The molecule has 0 spiro atoms. The topological polar surface area (TPSA) is 9.23 Å². The van der Waals surface area contributed by atoms with Gasteiger partial charge < -0.3 is 17.8 Å². The van der Waals surface area contributed by atoms with Crippen molar-refractivity contribution in [2.75, 3.05) is 7.11 Å². The predicted molar refractivity (Wildman–Crippen MR) is 170 cm³/mol. The molecule has 5 heteroatoms. The van der Waals surface area contributed by atoms with Gasteiger partial charge in [-0.3, -0.25) is 0 Å². The molecule has 1 aliphatic rings. The van der Waals surface area contributed by atoms with Gasteiger partial charge >= 0.3 is 36.9 Å². The summed E-state index contributed by atoms with van der Waals surface area (Å²) in [7, 11) is -1.70. The zero-order chi connectivity index (χ0) is 28.0. The van der Waals surface area contributed by atoms with Crippen LogP contribution in [0.15, 0.2) is 28.5 Å². The summed E-state index contributed by atoms with van der Waals surface area (Å²) in [5.41, 5.74) is 5.54. The van der Waals surface area contributed by atoms with Crippen LogP contribution in [0.1, 0.15) is 66.0 Å². The first kappa shape index (κ1) is 38.5. The molecular formula is C31H57LuOSi3. The molecule has 0 radical (unpaired) electrons. The molecule has 0 bridgehead atoms. The van der Waals surface area contributed by atoms with Crippen LogP contribution in [0.3, 0.4) is 0 Å². The van der Waals surface area contributed by atoms with E-state index in [0.717, 1.165) is 12.2 Å². The summed E-state index contributed by atoms with van der Waals surface area (Å²) < 4.78 is 6.07. The van der Waals surface area contributed by atoms with E-state index in [1.54, 1.807) is 5.20 Å². The van der Waals surface area contributed by atoms with Gasteiger partial charge in [0, 0.05) is 8.07 Å². The van der Waals surface area contributed by atoms with E-state index < -0.39 is 24.2 Å². The summed E-state index contributed by atoms with van der Waals surface area (Å²) in [6.07, 6.45) is 4.70. The summed E-state index contributed by atoms with van der Waals surface area (Å²) >= 11 is 0. The SMILES string of the molecule is CC[Si](CC)(C1=C(C)[C-]=C(C)C1)c1cc(C)cc(C(C)(C)C)c1OC.[CH2-][Si](C)(C)C.[CH2-][Si](C)(C)C.[Lu+3]. The molecule has 0 heterocycles. The molecular weight excluding hydrogens is 648 g/mol. The molecule has 1 aliphatic carbocycles. The van der Waals surface area contributed by atoms with Crippen LogP contribution in [-0.2, 0) is 5.41 Å². The normalized spacial score (nSPS) is 14.2.